The standard InChI is InChI=1S/C26H21ClN4O/c1-16-9-26(10-16)21-4-2-3-5-23(21)31(25(26)32)14-22-24(18-11-28-15-29-12-18)20-7-6-19(27)8-17(20)13-30-22/h2-8,11-13,15-16H,9-10,14H2,1H3. The van der Waals surface area contributed by atoms with Gasteiger partial charge in [-0.25, -0.2) is 9.97 Å². The number of carbonyl (C=O) groups excluding carboxylic acids is 1. The molecule has 1 spiro atoms. The third-order valence-electron chi connectivity index (χ3n) is 6.85. The molecule has 6 heteroatoms. The highest BCUT2D eigenvalue weighted by Crippen LogP contribution is 2.56. The Balaban J connectivity index is 1.50. The molecule has 0 radical (unpaired) electrons. The lowest BCUT2D eigenvalue weighted by molar-refractivity contribution is -0.127. The molecule has 0 unspecified atom stereocenters. The number of hydrogen-bond donors (Lipinski definition) is 0. The van der Waals surface area contributed by atoms with Gasteiger partial charge in [-0.05, 0) is 47.9 Å². The minimum atomic E-state index is -0.379. The second-order valence-electron chi connectivity index (χ2n) is 8.94. The van der Waals surface area contributed by atoms with Gasteiger partial charge in [-0.15, -0.1) is 0 Å². The number of benzene rings is 2. The number of para-hydroxylation sites is 1. The maximum absolute atomic E-state index is 13.7. The lowest BCUT2D eigenvalue weighted by atomic mass is 9.60. The third-order valence-corrected chi connectivity index (χ3v) is 7.08. The van der Waals surface area contributed by atoms with Gasteiger partial charge in [0.15, 0.2) is 0 Å². The van der Waals surface area contributed by atoms with Crippen LogP contribution in [0.5, 0.6) is 0 Å². The van der Waals surface area contributed by atoms with Crippen LogP contribution in [-0.4, -0.2) is 20.9 Å². The van der Waals surface area contributed by atoms with Gasteiger partial charge in [0.05, 0.1) is 17.7 Å². The van der Waals surface area contributed by atoms with Crippen LogP contribution in [0.3, 0.4) is 0 Å². The van der Waals surface area contributed by atoms with Gasteiger partial charge in [0, 0.05) is 45.8 Å². The molecule has 6 rings (SSSR count). The minimum absolute atomic E-state index is 0.185. The van der Waals surface area contributed by atoms with Crippen molar-refractivity contribution in [3.8, 4) is 11.1 Å². The van der Waals surface area contributed by atoms with Crippen molar-refractivity contribution in [3.63, 3.8) is 0 Å². The quantitative estimate of drug-likeness (QED) is 0.418. The summed E-state index contributed by atoms with van der Waals surface area (Å²) in [5.74, 6) is 0.748. The highest BCUT2D eigenvalue weighted by Gasteiger charge is 2.57. The monoisotopic (exact) mass is 440 g/mol. The molecule has 0 atom stereocenters. The molecule has 4 aromatic rings. The molecule has 2 aromatic heterocycles. The first-order valence-electron chi connectivity index (χ1n) is 10.8. The Kier molecular flexibility index (Phi) is 4.30. The first kappa shape index (κ1) is 19.4. The number of amides is 1. The SMILES string of the molecule is CC1CC2(C1)C(=O)N(Cc1ncc3cc(Cl)ccc3c1-c1cncnc1)c1ccccc12. The number of pyridine rings is 1. The van der Waals surface area contributed by atoms with Crippen molar-refractivity contribution in [1.29, 1.82) is 0 Å². The van der Waals surface area contributed by atoms with Gasteiger partial charge in [-0.1, -0.05) is 42.8 Å². The van der Waals surface area contributed by atoms with E-state index in [1.807, 2.05) is 41.4 Å². The summed E-state index contributed by atoms with van der Waals surface area (Å²) in [6.45, 7) is 2.61. The molecule has 3 heterocycles. The van der Waals surface area contributed by atoms with Crippen molar-refractivity contribution in [2.45, 2.75) is 31.7 Å². The van der Waals surface area contributed by atoms with Crippen molar-refractivity contribution in [2.75, 3.05) is 4.90 Å². The minimum Gasteiger partial charge on any atom is -0.305 e. The molecule has 1 saturated carbocycles. The predicted octanol–water partition coefficient (Wildman–Crippen LogP) is 5.56. The van der Waals surface area contributed by atoms with Crippen LogP contribution in [0.4, 0.5) is 5.69 Å². The number of rotatable bonds is 3. The van der Waals surface area contributed by atoms with Crippen molar-refractivity contribution in [2.24, 2.45) is 5.92 Å². The van der Waals surface area contributed by atoms with Crippen LogP contribution in [0.2, 0.25) is 5.02 Å². The van der Waals surface area contributed by atoms with Crippen LogP contribution in [0.25, 0.3) is 21.9 Å². The summed E-state index contributed by atoms with van der Waals surface area (Å²) in [6, 6.07) is 14.0. The van der Waals surface area contributed by atoms with E-state index in [-0.39, 0.29) is 11.3 Å². The van der Waals surface area contributed by atoms with Crippen molar-refractivity contribution in [3.05, 3.63) is 83.7 Å². The summed E-state index contributed by atoms with van der Waals surface area (Å²) in [5, 5.41) is 2.62. The molecule has 0 bridgehead atoms. The Morgan fingerprint density at radius 2 is 1.88 bits per heavy atom. The Bertz CT molecular complexity index is 1370. The lowest BCUT2D eigenvalue weighted by Gasteiger charge is -2.42. The van der Waals surface area contributed by atoms with E-state index in [2.05, 4.69) is 29.0 Å². The summed E-state index contributed by atoms with van der Waals surface area (Å²) in [6.07, 6.45) is 8.73. The second-order valence-corrected chi connectivity index (χ2v) is 9.38. The molecule has 1 aliphatic carbocycles. The fraction of sp³-hybridized carbons (Fsp3) is 0.231. The average molecular weight is 441 g/mol. The summed E-state index contributed by atoms with van der Waals surface area (Å²) in [4.78, 5) is 28.9. The highest BCUT2D eigenvalue weighted by molar-refractivity contribution is 6.31. The summed E-state index contributed by atoms with van der Waals surface area (Å²) in [5.41, 5.74) is 4.40. The number of carbonyl (C=O) groups is 1. The molecule has 2 aromatic carbocycles. The van der Waals surface area contributed by atoms with E-state index in [4.69, 9.17) is 16.6 Å². The van der Waals surface area contributed by atoms with Crippen LogP contribution in [0.15, 0.2) is 67.4 Å². The Labute approximate surface area is 191 Å². The summed E-state index contributed by atoms with van der Waals surface area (Å²) in [7, 11) is 0. The van der Waals surface area contributed by atoms with E-state index < -0.39 is 0 Å². The maximum Gasteiger partial charge on any atom is 0.238 e. The lowest BCUT2D eigenvalue weighted by Crippen LogP contribution is -2.48. The van der Waals surface area contributed by atoms with Gasteiger partial charge in [0.1, 0.15) is 6.33 Å². The number of fused-ring (bicyclic) bond motifs is 3. The van der Waals surface area contributed by atoms with Gasteiger partial charge in [0.25, 0.3) is 0 Å². The Morgan fingerprint density at radius 3 is 2.66 bits per heavy atom. The summed E-state index contributed by atoms with van der Waals surface area (Å²) < 4.78 is 0. The topological polar surface area (TPSA) is 59.0 Å². The van der Waals surface area contributed by atoms with Crippen LogP contribution in [0.1, 0.15) is 31.0 Å². The Morgan fingerprint density at radius 1 is 1.09 bits per heavy atom. The van der Waals surface area contributed by atoms with E-state index in [9.17, 15) is 4.79 Å². The molecule has 0 N–H and O–H groups in total. The van der Waals surface area contributed by atoms with Crippen LogP contribution < -0.4 is 4.90 Å². The molecular formula is C26H21ClN4O. The number of hydrogen-bond acceptors (Lipinski definition) is 4. The van der Waals surface area contributed by atoms with Crippen LogP contribution >= 0.6 is 11.6 Å². The second kappa shape index (κ2) is 7.10. The number of halogens is 1. The van der Waals surface area contributed by atoms with E-state index in [1.54, 1.807) is 12.4 Å². The van der Waals surface area contributed by atoms with E-state index in [0.717, 1.165) is 51.7 Å². The van der Waals surface area contributed by atoms with E-state index in [1.165, 1.54) is 6.33 Å². The molecule has 1 fully saturated rings. The van der Waals surface area contributed by atoms with Gasteiger partial charge in [-0.2, -0.15) is 0 Å². The molecule has 1 amide bonds. The number of aromatic nitrogens is 3. The fourth-order valence-electron chi connectivity index (χ4n) is 5.53. The molecule has 32 heavy (non-hydrogen) atoms. The van der Waals surface area contributed by atoms with Gasteiger partial charge < -0.3 is 4.90 Å². The van der Waals surface area contributed by atoms with E-state index in [0.29, 0.717) is 17.5 Å². The fourth-order valence-corrected chi connectivity index (χ4v) is 5.71. The first-order chi connectivity index (χ1) is 15.6. The number of nitrogens with zero attached hydrogens (tertiary/aromatic N) is 4. The van der Waals surface area contributed by atoms with Gasteiger partial charge in [-0.3, -0.25) is 9.78 Å². The van der Waals surface area contributed by atoms with E-state index >= 15 is 0 Å². The zero-order valence-electron chi connectivity index (χ0n) is 17.6. The zero-order valence-corrected chi connectivity index (χ0v) is 18.4. The van der Waals surface area contributed by atoms with Crippen LogP contribution in [-0.2, 0) is 16.8 Å². The predicted molar refractivity (Wildman–Crippen MR) is 125 cm³/mol. The molecule has 5 nitrogen and oxygen atoms in total. The van der Waals surface area contributed by atoms with Crippen molar-refractivity contribution >= 4 is 34.0 Å². The molecule has 2 aliphatic rings. The average Bonchev–Trinajstić information content (AvgIpc) is 3.03. The first-order valence-corrected chi connectivity index (χ1v) is 11.2. The largest absolute Gasteiger partial charge is 0.305 e. The molecule has 158 valence electrons. The van der Waals surface area contributed by atoms with Gasteiger partial charge >= 0.3 is 0 Å². The van der Waals surface area contributed by atoms with Crippen molar-refractivity contribution < 1.29 is 4.79 Å². The molecule has 1 aliphatic heterocycles. The molecule has 0 saturated heterocycles. The zero-order chi connectivity index (χ0) is 21.9. The van der Waals surface area contributed by atoms with Gasteiger partial charge in [0.2, 0.25) is 5.91 Å². The highest BCUT2D eigenvalue weighted by atomic mass is 35.5. The normalized spacial score (nSPS) is 21.8. The molecular weight excluding hydrogens is 420 g/mol. The number of anilines is 1. The maximum atomic E-state index is 13.7. The van der Waals surface area contributed by atoms with Crippen LogP contribution in [0, 0.1) is 5.92 Å². The Hall–Kier alpha value is -3.31. The summed E-state index contributed by atoms with van der Waals surface area (Å²) >= 11 is 6.23. The third kappa shape index (κ3) is 2.77. The van der Waals surface area contributed by atoms with Crippen molar-refractivity contribution in [1.82, 2.24) is 15.0 Å². The smallest absolute Gasteiger partial charge is 0.238 e.